The van der Waals surface area contributed by atoms with Gasteiger partial charge in [0.05, 0.1) is 0 Å². The number of rotatable bonds is 3. The minimum absolute atomic E-state index is 1.09. The van der Waals surface area contributed by atoms with Gasteiger partial charge in [0, 0.05) is 18.5 Å². The smallest absolute Gasteiger partial charge is 0.0326 e. The maximum atomic E-state index is 3.09. The van der Waals surface area contributed by atoms with Gasteiger partial charge >= 0.3 is 0 Å². The lowest BCUT2D eigenvalue weighted by Gasteiger charge is -2.00. The summed E-state index contributed by atoms with van der Waals surface area (Å²) in [4.78, 5) is 0. The maximum Gasteiger partial charge on any atom is 0.0326 e. The van der Waals surface area contributed by atoms with Crippen molar-refractivity contribution in [2.45, 2.75) is 6.92 Å². The predicted octanol–water partition coefficient (Wildman–Crippen LogP) is 1.47. The molecule has 1 nitrogen and oxygen atoms in total. The molecule has 0 radical (unpaired) electrons. The van der Waals surface area contributed by atoms with Gasteiger partial charge < -0.3 is 5.32 Å². The molecule has 0 aromatic heterocycles. The summed E-state index contributed by atoms with van der Waals surface area (Å²) >= 11 is 1.83. The summed E-state index contributed by atoms with van der Waals surface area (Å²) < 4.78 is 0. The third-order valence-corrected chi connectivity index (χ3v) is 1.57. The third-order valence-electron chi connectivity index (χ3n) is 0.969. The molecule has 0 aliphatic heterocycles. The average molecular weight is 131 g/mol. The Morgan fingerprint density at radius 3 is 2.50 bits per heavy atom. The van der Waals surface area contributed by atoms with Crippen LogP contribution in [0.3, 0.4) is 0 Å². The van der Waals surface area contributed by atoms with Gasteiger partial charge in [-0.15, -0.1) is 0 Å². The molecule has 0 rings (SSSR count). The van der Waals surface area contributed by atoms with Crippen LogP contribution in [0.25, 0.3) is 0 Å². The Morgan fingerprint density at radius 2 is 2.38 bits per heavy atom. The topological polar surface area (TPSA) is 12.0 Å². The first kappa shape index (κ1) is 7.89. The van der Waals surface area contributed by atoms with Crippen LogP contribution >= 0.6 is 11.8 Å². The highest BCUT2D eigenvalue weighted by Gasteiger charge is 1.85. The van der Waals surface area contributed by atoms with Crippen LogP contribution in [0.1, 0.15) is 6.92 Å². The van der Waals surface area contributed by atoms with Crippen LogP contribution in [0.2, 0.25) is 0 Å². The summed E-state index contributed by atoms with van der Waals surface area (Å²) in [6.07, 6.45) is 4.19. The molecule has 1 N–H and O–H groups in total. The summed E-state index contributed by atoms with van der Waals surface area (Å²) in [7, 11) is 1.95. The quantitative estimate of drug-likeness (QED) is 0.622. The Bertz CT molecular complexity index is 78.6. The first-order valence-corrected chi connectivity index (χ1v) is 4.06. The molecule has 0 unspecified atom stereocenters. The molecular weight excluding hydrogens is 118 g/mol. The van der Waals surface area contributed by atoms with E-state index in [0.29, 0.717) is 0 Å². The summed E-state index contributed by atoms with van der Waals surface area (Å²) in [5.41, 5.74) is 1.30. The zero-order valence-electron chi connectivity index (χ0n) is 5.69. The Kier molecular flexibility index (Phi) is 4.97. The first-order chi connectivity index (χ1) is 3.85. The Hall–Kier alpha value is -0.110. The minimum atomic E-state index is 1.09. The van der Waals surface area contributed by atoms with Crippen molar-refractivity contribution >= 4 is 11.8 Å². The molecule has 0 saturated heterocycles. The van der Waals surface area contributed by atoms with E-state index in [9.17, 15) is 0 Å². The minimum Gasteiger partial charge on any atom is -0.391 e. The van der Waals surface area contributed by atoms with Gasteiger partial charge in [0.15, 0.2) is 0 Å². The highest BCUT2D eigenvalue weighted by Crippen LogP contribution is 1.98. The average Bonchev–Trinajstić information content (AvgIpc) is 1.83. The largest absolute Gasteiger partial charge is 0.391 e. The second-order valence-corrected chi connectivity index (χ2v) is 2.36. The predicted molar refractivity (Wildman–Crippen MR) is 41.2 cm³/mol. The van der Waals surface area contributed by atoms with Crippen LogP contribution in [-0.4, -0.2) is 19.1 Å². The van der Waals surface area contributed by atoms with Crippen molar-refractivity contribution in [1.29, 1.82) is 0 Å². The van der Waals surface area contributed by atoms with Crippen molar-refractivity contribution in [3.05, 3.63) is 11.8 Å². The van der Waals surface area contributed by atoms with E-state index in [1.54, 1.807) is 0 Å². The summed E-state index contributed by atoms with van der Waals surface area (Å²) in [6.45, 7) is 2.04. The zero-order chi connectivity index (χ0) is 6.41. The molecule has 48 valence electrons. The van der Waals surface area contributed by atoms with Gasteiger partial charge in [-0.2, -0.15) is 11.8 Å². The van der Waals surface area contributed by atoms with E-state index in [0.717, 1.165) is 5.75 Å². The molecular formula is C6H13NS. The van der Waals surface area contributed by atoms with E-state index in [4.69, 9.17) is 0 Å². The van der Waals surface area contributed by atoms with E-state index < -0.39 is 0 Å². The molecule has 0 aliphatic carbocycles. The number of hydrogen-bond acceptors (Lipinski definition) is 2. The van der Waals surface area contributed by atoms with Gasteiger partial charge in [0.2, 0.25) is 0 Å². The van der Waals surface area contributed by atoms with Crippen LogP contribution in [0.5, 0.6) is 0 Å². The van der Waals surface area contributed by atoms with Crippen molar-refractivity contribution in [2.24, 2.45) is 0 Å². The molecule has 0 amide bonds. The fourth-order valence-electron chi connectivity index (χ4n) is 0.455. The molecule has 0 atom stereocenters. The fourth-order valence-corrected chi connectivity index (χ4v) is 1.08. The molecule has 0 fully saturated rings. The van der Waals surface area contributed by atoms with E-state index in [-0.39, 0.29) is 0 Å². The first-order valence-electron chi connectivity index (χ1n) is 2.67. The fraction of sp³-hybridized carbons (Fsp3) is 0.667. The van der Waals surface area contributed by atoms with E-state index in [2.05, 4.69) is 17.6 Å². The second-order valence-electron chi connectivity index (χ2n) is 1.50. The van der Waals surface area contributed by atoms with E-state index in [1.807, 2.05) is 25.7 Å². The van der Waals surface area contributed by atoms with Crippen molar-refractivity contribution in [3.8, 4) is 0 Å². The van der Waals surface area contributed by atoms with Crippen LogP contribution in [0, 0.1) is 0 Å². The summed E-state index contributed by atoms with van der Waals surface area (Å²) in [5.74, 6) is 1.09. The monoisotopic (exact) mass is 131 g/mol. The number of hydrogen-bond donors (Lipinski definition) is 1. The number of allylic oxidation sites excluding steroid dienone is 1. The van der Waals surface area contributed by atoms with Crippen LogP contribution < -0.4 is 5.32 Å². The van der Waals surface area contributed by atoms with Gasteiger partial charge in [-0.25, -0.2) is 0 Å². The highest BCUT2D eigenvalue weighted by atomic mass is 32.2. The third kappa shape index (κ3) is 2.97. The Labute approximate surface area is 55.5 Å². The standard InChI is InChI=1S/C6H13NS/c1-4-6(7-2)5-8-3/h4,7H,5H2,1-3H3/b6-4-. The Balaban J connectivity index is 3.38. The van der Waals surface area contributed by atoms with E-state index in [1.165, 1.54) is 5.70 Å². The lowest BCUT2D eigenvalue weighted by atomic mass is 10.5. The lowest BCUT2D eigenvalue weighted by molar-refractivity contribution is 0.992. The summed E-state index contributed by atoms with van der Waals surface area (Å²) in [6, 6.07) is 0. The van der Waals surface area contributed by atoms with Gasteiger partial charge in [0.1, 0.15) is 0 Å². The summed E-state index contributed by atoms with van der Waals surface area (Å²) in [5, 5.41) is 3.09. The molecule has 0 aromatic carbocycles. The normalized spacial score (nSPS) is 11.6. The van der Waals surface area contributed by atoms with Crippen LogP contribution in [0.4, 0.5) is 0 Å². The van der Waals surface area contributed by atoms with Crippen LogP contribution in [-0.2, 0) is 0 Å². The van der Waals surface area contributed by atoms with Gasteiger partial charge in [-0.05, 0) is 13.2 Å². The zero-order valence-corrected chi connectivity index (χ0v) is 6.51. The number of thioether (sulfide) groups is 1. The number of nitrogens with one attached hydrogen (secondary N) is 1. The van der Waals surface area contributed by atoms with Crippen molar-refractivity contribution in [2.75, 3.05) is 19.1 Å². The molecule has 0 aromatic rings. The van der Waals surface area contributed by atoms with Gasteiger partial charge in [0.25, 0.3) is 0 Å². The molecule has 0 spiro atoms. The van der Waals surface area contributed by atoms with E-state index >= 15 is 0 Å². The van der Waals surface area contributed by atoms with Crippen molar-refractivity contribution in [1.82, 2.24) is 5.32 Å². The van der Waals surface area contributed by atoms with Gasteiger partial charge in [-0.1, -0.05) is 6.08 Å². The second kappa shape index (κ2) is 5.04. The molecule has 8 heavy (non-hydrogen) atoms. The maximum absolute atomic E-state index is 3.09. The van der Waals surface area contributed by atoms with Crippen LogP contribution in [0.15, 0.2) is 11.8 Å². The molecule has 0 saturated carbocycles. The molecule has 0 aliphatic rings. The molecule has 0 heterocycles. The molecule has 2 heteroatoms. The van der Waals surface area contributed by atoms with Crippen molar-refractivity contribution in [3.63, 3.8) is 0 Å². The van der Waals surface area contributed by atoms with Crippen molar-refractivity contribution < 1.29 is 0 Å². The molecule has 0 bridgehead atoms. The Morgan fingerprint density at radius 1 is 1.75 bits per heavy atom. The highest BCUT2D eigenvalue weighted by molar-refractivity contribution is 7.98. The lowest BCUT2D eigenvalue weighted by Crippen LogP contribution is -2.06. The van der Waals surface area contributed by atoms with Gasteiger partial charge in [-0.3, -0.25) is 0 Å². The SMILES string of the molecule is C/C=C(/CSC)NC.